The van der Waals surface area contributed by atoms with Gasteiger partial charge in [-0.25, -0.2) is 4.79 Å². The zero-order valence-electron chi connectivity index (χ0n) is 7.61. The summed E-state index contributed by atoms with van der Waals surface area (Å²) in [7, 11) is 1.37. The van der Waals surface area contributed by atoms with Gasteiger partial charge in [-0.15, -0.1) is 0 Å². The van der Waals surface area contributed by atoms with Crippen LogP contribution in [0.25, 0.3) is 0 Å². The molecule has 0 saturated carbocycles. The molecule has 74 valence electrons. The Morgan fingerprint density at radius 3 is 2.14 bits per heavy atom. The standard InChI is InChI=1S/C8H8O2.CH2N2S/c1-10-8(9)7-5-3-2-4-6-7;4-1-2-3-1/h2-6H,1H3;(H2,2,3,4). The molecular weight excluding hydrogens is 200 g/mol. The van der Waals surface area contributed by atoms with Gasteiger partial charge >= 0.3 is 5.97 Å². The topological polar surface area (TPSA) is 70.2 Å². The van der Waals surface area contributed by atoms with Crippen LogP contribution in [0, 0.1) is 0 Å². The summed E-state index contributed by atoms with van der Waals surface area (Å²) >= 11 is 4.43. The van der Waals surface area contributed by atoms with Gasteiger partial charge in [-0.3, -0.25) is 10.9 Å². The maximum atomic E-state index is 10.8. The molecule has 1 aromatic carbocycles. The first-order valence-electron chi connectivity index (χ1n) is 3.93. The molecule has 0 spiro atoms. The van der Waals surface area contributed by atoms with Crippen molar-refractivity contribution in [2.24, 2.45) is 0 Å². The summed E-state index contributed by atoms with van der Waals surface area (Å²) in [5.74, 6) is -0.291. The summed E-state index contributed by atoms with van der Waals surface area (Å²) < 4.78 is 4.50. The number of rotatable bonds is 1. The Hall–Kier alpha value is -1.62. The van der Waals surface area contributed by atoms with Gasteiger partial charge in [0, 0.05) is 0 Å². The summed E-state index contributed by atoms with van der Waals surface area (Å²) in [5, 5.41) is 0.750. The third kappa shape index (κ3) is 3.86. The molecule has 0 aromatic heterocycles. The zero-order valence-corrected chi connectivity index (χ0v) is 8.43. The maximum absolute atomic E-state index is 10.8. The van der Waals surface area contributed by atoms with Gasteiger partial charge in [-0.1, -0.05) is 18.2 Å². The fourth-order valence-electron chi connectivity index (χ4n) is 0.718. The van der Waals surface area contributed by atoms with E-state index in [1.165, 1.54) is 7.11 Å². The summed E-state index contributed by atoms with van der Waals surface area (Å²) in [6.45, 7) is 0. The van der Waals surface area contributed by atoms with E-state index < -0.39 is 0 Å². The van der Waals surface area contributed by atoms with Gasteiger partial charge in [0.05, 0.1) is 12.7 Å². The Kier molecular flexibility index (Phi) is 3.87. The number of thiocarbonyl (C=S) groups is 1. The minimum atomic E-state index is -0.291. The Balaban J connectivity index is 0.000000203. The van der Waals surface area contributed by atoms with Crippen molar-refractivity contribution < 1.29 is 9.53 Å². The van der Waals surface area contributed by atoms with Crippen LogP contribution in [0.2, 0.25) is 0 Å². The normalized spacial score (nSPS) is 11.4. The summed E-state index contributed by atoms with van der Waals surface area (Å²) in [4.78, 5) is 10.8. The van der Waals surface area contributed by atoms with Crippen molar-refractivity contribution in [2.45, 2.75) is 0 Å². The molecule has 1 heterocycles. The van der Waals surface area contributed by atoms with Crippen molar-refractivity contribution >= 4 is 23.3 Å². The minimum absolute atomic E-state index is 0.291. The largest absolute Gasteiger partial charge is 0.465 e. The van der Waals surface area contributed by atoms with Crippen molar-refractivity contribution in [3.8, 4) is 0 Å². The highest BCUT2D eigenvalue weighted by Gasteiger charge is 2.01. The SMILES string of the molecule is COC(=O)c1ccccc1.S=C1NN1. The summed E-state index contributed by atoms with van der Waals surface area (Å²) in [6, 6.07) is 8.88. The van der Waals surface area contributed by atoms with Gasteiger partial charge in [0.15, 0.2) is 0 Å². The van der Waals surface area contributed by atoms with Gasteiger partial charge in [0.1, 0.15) is 0 Å². The monoisotopic (exact) mass is 210 g/mol. The highest BCUT2D eigenvalue weighted by atomic mass is 32.1. The lowest BCUT2D eigenvalue weighted by molar-refractivity contribution is 0.0601. The van der Waals surface area contributed by atoms with Crippen LogP contribution in [0.3, 0.4) is 0 Å². The van der Waals surface area contributed by atoms with Crippen LogP contribution in [0.5, 0.6) is 0 Å². The minimum Gasteiger partial charge on any atom is -0.465 e. The molecule has 1 aliphatic rings. The number of hydrazine groups is 1. The molecule has 2 rings (SSSR count). The second kappa shape index (κ2) is 5.18. The van der Waals surface area contributed by atoms with Crippen molar-refractivity contribution in [2.75, 3.05) is 7.11 Å². The van der Waals surface area contributed by atoms with Crippen LogP contribution in [0.4, 0.5) is 0 Å². The van der Waals surface area contributed by atoms with E-state index in [0.717, 1.165) is 5.11 Å². The molecule has 0 atom stereocenters. The average Bonchev–Trinajstić information content (AvgIpc) is 3.02. The molecule has 5 heteroatoms. The Morgan fingerprint density at radius 1 is 1.29 bits per heavy atom. The lowest BCUT2D eigenvalue weighted by Gasteiger charge is -1.95. The van der Waals surface area contributed by atoms with Crippen LogP contribution in [0.1, 0.15) is 10.4 Å². The number of ether oxygens (including phenoxy) is 1. The molecule has 0 aliphatic carbocycles. The first-order valence-corrected chi connectivity index (χ1v) is 4.34. The summed E-state index contributed by atoms with van der Waals surface area (Å²) in [6.07, 6.45) is 0. The highest BCUT2D eigenvalue weighted by Crippen LogP contribution is 1.98. The van der Waals surface area contributed by atoms with Gasteiger partial charge in [-0.2, -0.15) is 0 Å². The van der Waals surface area contributed by atoms with Crippen molar-refractivity contribution in [3.63, 3.8) is 0 Å². The second-order valence-electron chi connectivity index (χ2n) is 2.44. The number of benzene rings is 1. The molecule has 1 aromatic rings. The van der Waals surface area contributed by atoms with Crippen LogP contribution < -0.4 is 10.9 Å². The Morgan fingerprint density at radius 2 is 1.79 bits per heavy atom. The molecular formula is C9H10N2O2S. The number of carbonyl (C=O) groups is 1. The predicted octanol–water partition coefficient (Wildman–Crippen LogP) is 0.852. The second-order valence-corrected chi connectivity index (χ2v) is 2.84. The Labute approximate surface area is 87.2 Å². The fourth-order valence-corrected chi connectivity index (χ4v) is 0.769. The van der Waals surface area contributed by atoms with Gasteiger partial charge in [0.2, 0.25) is 5.11 Å². The van der Waals surface area contributed by atoms with Crippen LogP contribution in [-0.2, 0) is 4.74 Å². The number of esters is 1. The smallest absolute Gasteiger partial charge is 0.337 e. The zero-order chi connectivity index (χ0) is 10.4. The summed E-state index contributed by atoms with van der Waals surface area (Å²) in [5.41, 5.74) is 5.75. The van der Waals surface area contributed by atoms with Crippen LogP contribution >= 0.6 is 12.2 Å². The average molecular weight is 210 g/mol. The lowest BCUT2D eigenvalue weighted by Crippen LogP contribution is -1.99. The third-order valence-electron chi connectivity index (χ3n) is 1.42. The Bertz CT molecular complexity index is 321. The molecule has 0 unspecified atom stereocenters. The fraction of sp³-hybridized carbons (Fsp3) is 0.111. The van der Waals surface area contributed by atoms with E-state index in [9.17, 15) is 4.79 Å². The number of hydrogen-bond donors (Lipinski definition) is 2. The molecule has 1 saturated heterocycles. The number of nitrogens with one attached hydrogen (secondary N) is 2. The van der Waals surface area contributed by atoms with Gasteiger partial charge < -0.3 is 4.74 Å². The molecule has 0 bridgehead atoms. The number of hydrogen-bond acceptors (Lipinski definition) is 3. The molecule has 2 N–H and O–H groups in total. The van der Waals surface area contributed by atoms with Crippen LogP contribution in [0.15, 0.2) is 30.3 Å². The molecule has 4 nitrogen and oxygen atoms in total. The van der Waals surface area contributed by atoms with E-state index in [4.69, 9.17) is 0 Å². The van der Waals surface area contributed by atoms with Gasteiger partial charge in [-0.05, 0) is 24.4 Å². The third-order valence-corrected chi connectivity index (χ3v) is 1.63. The molecule has 14 heavy (non-hydrogen) atoms. The maximum Gasteiger partial charge on any atom is 0.337 e. The predicted molar refractivity (Wildman–Crippen MR) is 56.7 cm³/mol. The van der Waals surface area contributed by atoms with E-state index in [1.807, 2.05) is 6.07 Å². The quantitative estimate of drug-likeness (QED) is 0.408. The lowest BCUT2D eigenvalue weighted by atomic mass is 10.2. The first kappa shape index (κ1) is 10.5. The van der Waals surface area contributed by atoms with Crippen molar-refractivity contribution in [1.29, 1.82) is 0 Å². The van der Waals surface area contributed by atoms with Crippen molar-refractivity contribution in [3.05, 3.63) is 35.9 Å². The number of carbonyl (C=O) groups excluding carboxylic acids is 1. The first-order chi connectivity index (χ1) is 6.74. The van der Waals surface area contributed by atoms with E-state index in [2.05, 4.69) is 27.8 Å². The molecule has 1 fully saturated rings. The van der Waals surface area contributed by atoms with Gasteiger partial charge in [0.25, 0.3) is 0 Å². The van der Waals surface area contributed by atoms with E-state index >= 15 is 0 Å². The number of methoxy groups -OCH3 is 1. The van der Waals surface area contributed by atoms with E-state index in [1.54, 1.807) is 24.3 Å². The van der Waals surface area contributed by atoms with E-state index in [-0.39, 0.29) is 5.97 Å². The van der Waals surface area contributed by atoms with Crippen LogP contribution in [-0.4, -0.2) is 18.2 Å². The van der Waals surface area contributed by atoms with Crippen molar-refractivity contribution in [1.82, 2.24) is 10.9 Å². The molecule has 0 amide bonds. The van der Waals surface area contributed by atoms with E-state index in [0.29, 0.717) is 5.56 Å². The molecule has 0 radical (unpaired) electrons. The highest BCUT2D eigenvalue weighted by molar-refractivity contribution is 7.80. The molecule has 1 aliphatic heterocycles.